The second-order valence-electron chi connectivity index (χ2n) is 8.04. The number of hydrogen-bond acceptors (Lipinski definition) is 2. The van der Waals surface area contributed by atoms with Crippen molar-refractivity contribution < 1.29 is 5.11 Å². The Bertz CT molecular complexity index is 515. The van der Waals surface area contributed by atoms with Crippen molar-refractivity contribution in [1.82, 2.24) is 0 Å². The molecule has 0 spiro atoms. The van der Waals surface area contributed by atoms with Gasteiger partial charge in [0.2, 0.25) is 0 Å². The number of rotatable bonds is 18. The van der Waals surface area contributed by atoms with E-state index >= 15 is 0 Å². The highest BCUT2D eigenvalue weighted by Gasteiger charge is 1.98. The maximum Gasteiger partial charge on any atom is 0.124 e. The van der Waals surface area contributed by atoms with Crippen LogP contribution in [0.3, 0.4) is 0 Å². The Kier molecular flexibility index (Phi) is 16.4. The maximum absolute atomic E-state index is 9.77. The fraction of sp³-hybridized carbons (Fsp3) is 0.720. The molecule has 2 nitrogen and oxygen atoms in total. The topological polar surface area (TPSA) is 32.6 Å². The minimum Gasteiger partial charge on any atom is -0.507 e. The third-order valence-corrected chi connectivity index (χ3v) is 5.85. The molecule has 0 aromatic heterocycles. The summed E-state index contributed by atoms with van der Waals surface area (Å²) >= 11 is 3.42. The molecule has 0 atom stereocenters. The molecule has 0 fully saturated rings. The molecule has 0 aliphatic heterocycles. The van der Waals surface area contributed by atoms with Crippen LogP contribution in [0.25, 0.3) is 0 Å². The molecule has 0 saturated carbocycles. The van der Waals surface area contributed by atoms with Crippen LogP contribution >= 0.6 is 15.9 Å². The lowest BCUT2D eigenvalue weighted by molar-refractivity contribution is 0.474. The number of benzene rings is 1. The highest BCUT2D eigenvalue weighted by molar-refractivity contribution is 9.10. The van der Waals surface area contributed by atoms with Gasteiger partial charge in [0, 0.05) is 22.8 Å². The molecule has 1 aromatic carbocycles. The van der Waals surface area contributed by atoms with E-state index in [0.29, 0.717) is 5.75 Å². The van der Waals surface area contributed by atoms with Gasteiger partial charge in [-0.05, 0) is 24.6 Å². The minimum atomic E-state index is 0.291. The van der Waals surface area contributed by atoms with Crippen LogP contribution in [-0.2, 0) is 0 Å². The van der Waals surface area contributed by atoms with Crippen LogP contribution in [-0.4, -0.2) is 17.9 Å². The van der Waals surface area contributed by atoms with Crippen LogP contribution in [0.1, 0.15) is 115 Å². The molecule has 0 unspecified atom stereocenters. The van der Waals surface area contributed by atoms with Gasteiger partial charge >= 0.3 is 0 Å². The molecule has 0 amide bonds. The van der Waals surface area contributed by atoms with Crippen molar-refractivity contribution in [3.05, 3.63) is 28.2 Å². The molecule has 0 aliphatic carbocycles. The lowest BCUT2D eigenvalue weighted by Crippen LogP contribution is -1.87. The molecule has 3 heteroatoms. The van der Waals surface area contributed by atoms with E-state index in [9.17, 15) is 5.11 Å². The van der Waals surface area contributed by atoms with E-state index in [0.717, 1.165) is 23.0 Å². The van der Waals surface area contributed by atoms with Crippen LogP contribution in [0, 0.1) is 0 Å². The highest BCUT2D eigenvalue weighted by atomic mass is 79.9. The average molecular weight is 453 g/mol. The van der Waals surface area contributed by atoms with Crippen LogP contribution < -0.4 is 0 Å². The Morgan fingerprint density at radius 3 is 1.71 bits per heavy atom. The second kappa shape index (κ2) is 18.2. The van der Waals surface area contributed by atoms with E-state index in [1.807, 2.05) is 12.1 Å². The second-order valence-corrected chi connectivity index (χ2v) is 8.96. The van der Waals surface area contributed by atoms with E-state index in [1.54, 1.807) is 12.3 Å². The molecular weight excluding hydrogens is 410 g/mol. The largest absolute Gasteiger partial charge is 0.507 e. The number of phenolic OH excluding ortho intramolecular Hbond substituents is 1. The molecule has 1 N–H and O–H groups in total. The summed E-state index contributed by atoms with van der Waals surface area (Å²) in [6.07, 6.45) is 24.0. The van der Waals surface area contributed by atoms with Crippen LogP contribution in [0.5, 0.6) is 5.75 Å². The number of halogens is 1. The Labute approximate surface area is 182 Å². The summed E-state index contributed by atoms with van der Waals surface area (Å²) in [5.41, 5.74) is 0.783. The molecule has 0 saturated heterocycles. The molecule has 0 aliphatic rings. The van der Waals surface area contributed by atoms with Crippen molar-refractivity contribution >= 4 is 22.1 Å². The first-order chi connectivity index (χ1) is 13.7. The van der Waals surface area contributed by atoms with Crippen molar-refractivity contribution in [1.29, 1.82) is 0 Å². The van der Waals surface area contributed by atoms with E-state index in [2.05, 4.69) is 27.8 Å². The quantitative estimate of drug-likeness (QED) is 0.175. The van der Waals surface area contributed by atoms with E-state index in [4.69, 9.17) is 0 Å². The normalized spacial score (nSPS) is 11.5. The number of aromatic hydroxyl groups is 1. The van der Waals surface area contributed by atoms with Gasteiger partial charge in [-0.25, -0.2) is 0 Å². The number of phenols is 1. The number of unbranched alkanes of at least 4 members (excludes halogenated alkanes) is 15. The van der Waals surface area contributed by atoms with Crippen molar-refractivity contribution in [2.75, 3.05) is 6.54 Å². The zero-order valence-electron chi connectivity index (χ0n) is 18.1. The van der Waals surface area contributed by atoms with Crippen molar-refractivity contribution in [2.24, 2.45) is 4.99 Å². The summed E-state index contributed by atoms with van der Waals surface area (Å²) < 4.78 is 0.967. The Balaban J connectivity index is 1.82. The summed E-state index contributed by atoms with van der Waals surface area (Å²) in [6, 6.07) is 5.43. The third-order valence-electron chi connectivity index (χ3n) is 5.36. The van der Waals surface area contributed by atoms with Gasteiger partial charge in [0.05, 0.1) is 0 Å². The predicted octanol–water partition coefficient (Wildman–Crippen LogP) is 8.84. The minimum absolute atomic E-state index is 0.291. The summed E-state index contributed by atoms with van der Waals surface area (Å²) in [5, 5.41) is 9.77. The number of nitrogens with zero attached hydrogens (tertiary/aromatic N) is 1. The Morgan fingerprint density at radius 1 is 0.750 bits per heavy atom. The van der Waals surface area contributed by atoms with E-state index in [-0.39, 0.29) is 0 Å². The lowest BCUT2D eigenvalue weighted by atomic mass is 10.0. The number of aliphatic imine (C=N–C) groups is 1. The SMILES string of the molecule is CCCCCCCCCCCCCCCCCCN=Cc1cc(Br)ccc1O. The predicted molar refractivity (Wildman–Crippen MR) is 128 cm³/mol. The molecule has 160 valence electrons. The molecule has 0 bridgehead atoms. The van der Waals surface area contributed by atoms with Crippen LogP contribution in [0.15, 0.2) is 27.7 Å². The van der Waals surface area contributed by atoms with E-state index < -0.39 is 0 Å². The van der Waals surface area contributed by atoms with Gasteiger partial charge in [-0.15, -0.1) is 0 Å². The Morgan fingerprint density at radius 2 is 1.21 bits per heavy atom. The zero-order chi connectivity index (χ0) is 20.3. The zero-order valence-corrected chi connectivity index (χ0v) is 19.7. The third kappa shape index (κ3) is 14.2. The van der Waals surface area contributed by atoms with Gasteiger partial charge in [-0.2, -0.15) is 0 Å². The Hall–Kier alpha value is -0.830. The first-order valence-corrected chi connectivity index (χ1v) is 12.5. The lowest BCUT2D eigenvalue weighted by Gasteiger charge is -2.03. The van der Waals surface area contributed by atoms with Crippen LogP contribution in [0.4, 0.5) is 0 Å². The van der Waals surface area contributed by atoms with E-state index in [1.165, 1.54) is 96.3 Å². The van der Waals surface area contributed by atoms with Gasteiger partial charge in [-0.1, -0.05) is 119 Å². The molecule has 28 heavy (non-hydrogen) atoms. The average Bonchev–Trinajstić information content (AvgIpc) is 2.69. The molecular formula is C25H42BrNO. The van der Waals surface area contributed by atoms with Gasteiger partial charge in [-0.3, -0.25) is 4.99 Å². The van der Waals surface area contributed by atoms with Gasteiger partial charge in [0.1, 0.15) is 5.75 Å². The van der Waals surface area contributed by atoms with Gasteiger partial charge < -0.3 is 5.11 Å². The molecule has 0 heterocycles. The first kappa shape index (κ1) is 25.2. The molecule has 1 rings (SSSR count). The molecule has 0 radical (unpaired) electrons. The standard InChI is InChI=1S/C25H42BrNO/c1-2-3-4-5-6-7-8-9-10-11-12-13-14-15-16-17-20-27-22-23-21-24(26)18-19-25(23)28/h18-19,21-22,28H,2-17,20H2,1H3. The van der Waals surface area contributed by atoms with Gasteiger partial charge in [0.25, 0.3) is 0 Å². The summed E-state index contributed by atoms with van der Waals surface area (Å²) in [4.78, 5) is 4.44. The fourth-order valence-corrected chi connectivity index (χ4v) is 3.92. The highest BCUT2D eigenvalue weighted by Crippen LogP contribution is 2.20. The monoisotopic (exact) mass is 451 g/mol. The number of hydrogen-bond donors (Lipinski definition) is 1. The summed E-state index contributed by atoms with van der Waals surface area (Å²) in [6.45, 7) is 3.14. The molecule has 1 aromatic rings. The summed E-state index contributed by atoms with van der Waals surface area (Å²) in [7, 11) is 0. The van der Waals surface area contributed by atoms with Crippen molar-refractivity contribution in [3.63, 3.8) is 0 Å². The van der Waals surface area contributed by atoms with Gasteiger partial charge in [0.15, 0.2) is 0 Å². The maximum atomic E-state index is 9.77. The van der Waals surface area contributed by atoms with Crippen molar-refractivity contribution in [3.8, 4) is 5.75 Å². The van der Waals surface area contributed by atoms with Crippen molar-refractivity contribution in [2.45, 2.75) is 110 Å². The summed E-state index contributed by atoms with van der Waals surface area (Å²) in [5.74, 6) is 0.291. The smallest absolute Gasteiger partial charge is 0.124 e. The fourth-order valence-electron chi connectivity index (χ4n) is 3.54. The first-order valence-electron chi connectivity index (χ1n) is 11.7. The van der Waals surface area contributed by atoms with Crippen LogP contribution in [0.2, 0.25) is 0 Å².